The van der Waals surface area contributed by atoms with Crippen LogP contribution in [0.1, 0.15) is 42.0 Å². The quantitative estimate of drug-likeness (QED) is 0.383. The first kappa shape index (κ1) is 23.3. The molecule has 3 rings (SSSR count). The highest BCUT2D eigenvalue weighted by Crippen LogP contribution is 2.39. The molecule has 0 saturated carbocycles. The van der Waals surface area contributed by atoms with Gasteiger partial charge < -0.3 is 10.8 Å². The lowest BCUT2D eigenvalue weighted by Gasteiger charge is -2.11. The summed E-state index contributed by atoms with van der Waals surface area (Å²) in [5.41, 5.74) is 9.97. The fourth-order valence-electron chi connectivity index (χ4n) is 3.67. The van der Waals surface area contributed by atoms with Crippen LogP contribution in [0.25, 0.3) is 16.6 Å². The minimum Gasteiger partial charge on any atom is -0.494 e. The highest BCUT2D eigenvalue weighted by Gasteiger charge is 2.32. The zero-order chi connectivity index (χ0) is 23.6. The maximum Gasteiger partial charge on any atom is 0.416 e. The Morgan fingerprint density at radius 1 is 1.16 bits per heavy atom. The van der Waals surface area contributed by atoms with Crippen molar-refractivity contribution >= 4 is 22.5 Å². The first-order chi connectivity index (χ1) is 15.0. The largest absolute Gasteiger partial charge is 0.494 e. The van der Waals surface area contributed by atoms with E-state index < -0.39 is 11.7 Å². The summed E-state index contributed by atoms with van der Waals surface area (Å²) in [6, 6.07) is 8.75. The van der Waals surface area contributed by atoms with Gasteiger partial charge in [0.05, 0.1) is 22.4 Å². The molecule has 32 heavy (non-hydrogen) atoms. The molecule has 0 saturated heterocycles. The maximum absolute atomic E-state index is 13.4. The van der Waals surface area contributed by atoms with Gasteiger partial charge in [0.2, 0.25) is 11.8 Å². The number of amides is 1. The Hall–Kier alpha value is -3.33. The topological polar surface area (TPSA) is 92.6 Å². The molecular formula is C23H25F3N4O2. The fraction of sp³-hybridized carbons (Fsp3) is 0.304. The Bertz CT molecular complexity index is 1180. The Balaban J connectivity index is 2.21. The van der Waals surface area contributed by atoms with Gasteiger partial charge in [-0.15, -0.1) is 0 Å². The predicted molar refractivity (Wildman–Crippen MR) is 118 cm³/mol. The summed E-state index contributed by atoms with van der Waals surface area (Å²) in [6.07, 6.45) is -3.85. The molecule has 0 fully saturated rings. The number of hydrogen-bond acceptors (Lipinski definition) is 4. The Kier molecular flexibility index (Phi) is 6.59. The lowest BCUT2D eigenvalue weighted by Crippen LogP contribution is -2.20. The van der Waals surface area contributed by atoms with Crippen LogP contribution in [0.4, 0.5) is 13.2 Å². The molecule has 1 aromatic heterocycles. The van der Waals surface area contributed by atoms with Gasteiger partial charge in [0.1, 0.15) is 0 Å². The number of benzene rings is 2. The number of nitrogens with one attached hydrogen (secondary N) is 1. The lowest BCUT2D eigenvalue weighted by molar-refractivity contribution is -0.137. The normalized spacial score (nSPS) is 12.4. The van der Waals surface area contributed by atoms with Gasteiger partial charge in [0.15, 0.2) is 0 Å². The molecule has 0 unspecified atom stereocenters. The lowest BCUT2D eigenvalue weighted by atomic mass is 10.1. The third-order valence-corrected chi connectivity index (χ3v) is 5.05. The average Bonchev–Trinajstić information content (AvgIpc) is 3.00. The van der Waals surface area contributed by atoms with Crippen molar-refractivity contribution in [1.82, 2.24) is 9.99 Å². The number of carbonyl (C=O) groups is 1. The van der Waals surface area contributed by atoms with Gasteiger partial charge in [-0.3, -0.25) is 9.36 Å². The van der Waals surface area contributed by atoms with Gasteiger partial charge in [-0.05, 0) is 69.1 Å². The van der Waals surface area contributed by atoms with Crippen LogP contribution in [0.3, 0.4) is 0 Å². The molecule has 0 aliphatic rings. The van der Waals surface area contributed by atoms with Crippen molar-refractivity contribution in [2.24, 2.45) is 10.8 Å². The van der Waals surface area contributed by atoms with Crippen molar-refractivity contribution in [3.63, 3.8) is 0 Å². The van der Waals surface area contributed by atoms with Crippen LogP contribution in [0.5, 0.6) is 5.88 Å². The first-order valence-electron chi connectivity index (χ1n) is 10.1. The first-order valence-corrected chi connectivity index (χ1v) is 10.1. The molecule has 170 valence electrons. The molecule has 0 bridgehead atoms. The highest BCUT2D eigenvalue weighted by atomic mass is 19.4. The van der Waals surface area contributed by atoms with Gasteiger partial charge in [-0.25, -0.2) is 5.43 Å². The number of aryl methyl sites for hydroxylation is 2. The number of halogens is 3. The second-order valence-electron chi connectivity index (χ2n) is 7.73. The molecule has 0 aliphatic heterocycles. The number of alkyl halides is 3. The number of hydrazone groups is 1. The van der Waals surface area contributed by atoms with Crippen molar-refractivity contribution < 1.29 is 23.1 Å². The summed E-state index contributed by atoms with van der Waals surface area (Å²) in [5.74, 6) is -0.603. The average molecular weight is 446 g/mol. The second-order valence-corrected chi connectivity index (χ2v) is 7.73. The van der Waals surface area contributed by atoms with Crippen molar-refractivity contribution in [1.29, 1.82) is 0 Å². The smallest absolute Gasteiger partial charge is 0.416 e. The number of aromatic nitrogens is 1. The Morgan fingerprint density at radius 2 is 1.81 bits per heavy atom. The van der Waals surface area contributed by atoms with Crippen LogP contribution in [0, 0.1) is 13.8 Å². The maximum atomic E-state index is 13.4. The van der Waals surface area contributed by atoms with Gasteiger partial charge in [-0.1, -0.05) is 12.1 Å². The Morgan fingerprint density at radius 3 is 2.41 bits per heavy atom. The molecule has 1 amide bonds. The van der Waals surface area contributed by atoms with Gasteiger partial charge in [0, 0.05) is 17.5 Å². The van der Waals surface area contributed by atoms with Crippen LogP contribution in [0.15, 0.2) is 41.5 Å². The second kappa shape index (κ2) is 9.04. The number of hydrogen-bond donors (Lipinski definition) is 3. The minimum atomic E-state index is -4.54. The minimum absolute atomic E-state index is 0.182. The van der Waals surface area contributed by atoms with Gasteiger partial charge in [0.25, 0.3) is 0 Å². The molecule has 0 aliphatic carbocycles. The van der Waals surface area contributed by atoms with E-state index in [-0.39, 0.29) is 35.0 Å². The van der Waals surface area contributed by atoms with E-state index in [9.17, 15) is 23.1 Å². The molecule has 6 nitrogen and oxygen atoms in total. The molecule has 2 aromatic carbocycles. The third-order valence-electron chi connectivity index (χ3n) is 5.05. The number of carbonyl (C=O) groups excluding carboxylic acids is 1. The van der Waals surface area contributed by atoms with Crippen molar-refractivity contribution in [2.75, 3.05) is 6.54 Å². The van der Waals surface area contributed by atoms with E-state index in [1.165, 1.54) is 10.6 Å². The number of nitrogens with zero attached hydrogens (tertiary/aromatic N) is 2. The standard InChI is InChI=1S/C23H25F3N4O2/c1-13-9-14(2)11-17(10-13)30-19-12-16(23(24,25)26)6-7-18(19)21(22(30)32)15(3)28-29-20(31)5-4-8-27/h6-7,9-12,32H,4-5,8,27H2,1-3H3,(H,29,31). The summed E-state index contributed by atoms with van der Waals surface area (Å²) < 4.78 is 41.6. The Labute approximate surface area is 183 Å². The number of aromatic hydroxyl groups is 1. The van der Waals surface area contributed by atoms with Crippen LogP contribution in [0.2, 0.25) is 0 Å². The monoisotopic (exact) mass is 446 g/mol. The summed E-state index contributed by atoms with van der Waals surface area (Å²) >= 11 is 0. The molecule has 4 N–H and O–H groups in total. The number of rotatable bonds is 6. The molecule has 9 heteroatoms. The molecule has 0 atom stereocenters. The van der Waals surface area contributed by atoms with Gasteiger partial charge >= 0.3 is 6.18 Å². The zero-order valence-electron chi connectivity index (χ0n) is 18.0. The van der Waals surface area contributed by atoms with E-state index in [1.54, 1.807) is 19.1 Å². The summed E-state index contributed by atoms with van der Waals surface area (Å²) in [6.45, 7) is 5.67. The van der Waals surface area contributed by atoms with E-state index in [0.717, 1.165) is 23.3 Å². The van der Waals surface area contributed by atoms with E-state index in [1.807, 2.05) is 19.9 Å². The number of fused-ring (bicyclic) bond motifs is 1. The molecular weight excluding hydrogens is 421 g/mol. The van der Waals surface area contributed by atoms with Crippen LogP contribution in [-0.2, 0) is 11.0 Å². The summed E-state index contributed by atoms with van der Waals surface area (Å²) in [5, 5.41) is 15.5. The van der Waals surface area contributed by atoms with E-state index in [0.29, 0.717) is 24.0 Å². The highest BCUT2D eigenvalue weighted by molar-refractivity contribution is 6.13. The van der Waals surface area contributed by atoms with E-state index in [4.69, 9.17) is 5.73 Å². The van der Waals surface area contributed by atoms with Crippen molar-refractivity contribution in [3.8, 4) is 11.6 Å². The molecule has 0 radical (unpaired) electrons. The van der Waals surface area contributed by atoms with Crippen LogP contribution < -0.4 is 11.2 Å². The molecule has 1 heterocycles. The van der Waals surface area contributed by atoms with Gasteiger partial charge in [-0.2, -0.15) is 18.3 Å². The summed E-state index contributed by atoms with van der Waals surface area (Å²) in [7, 11) is 0. The summed E-state index contributed by atoms with van der Waals surface area (Å²) in [4.78, 5) is 11.9. The van der Waals surface area contributed by atoms with E-state index >= 15 is 0 Å². The van der Waals surface area contributed by atoms with Crippen molar-refractivity contribution in [3.05, 3.63) is 58.7 Å². The number of nitrogens with two attached hydrogens (primary N) is 1. The van der Waals surface area contributed by atoms with E-state index in [2.05, 4.69) is 10.5 Å². The van der Waals surface area contributed by atoms with Crippen molar-refractivity contribution in [2.45, 2.75) is 39.8 Å². The zero-order valence-corrected chi connectivity index (χ0v) is 18.0. The SMILES string of the molecule is CC(=NNC(=O)CCCN)c1c(O)n(-c2cc(C)cc(C)c2)c2cc(C(F)(F)F)ccc12. The predicted octanol–water partition coefficient (Wildman–Crippen LogP) is 4.55. The van der Waals surface area contributed by atoms with Crippen LogP contribution in [-0.4, -0.2) is 27.8 Å². The third kappa shape index (κ3) is 4.77. The fourth-order valence-corrected chi connectivity index (χ4v) is 3.67. The molecule has 0 spiro atoms. The van der Waals surface area contributed by atoms with Crippen LogP contribution >= 0.6 is 0 Å². The molecule has 3 aromatic rings.